The van der Waals surface area contributed by atoms with Crippen LogP contribution in [0.5, 0.6) is 0 Å². The van der Waals surface area contributed by atoms with Crippen LogP contribution in [0.1, 0.15) is 39.0 Å². The first kappa shape index (κ1) is 19.4. The molecular weight excluding hydrogens is 416 g/mol. The first-order chi connectivity index (χ1) is 13.6. The van der Waals surface area contributed by atoms with E-state index in [1.54, 1.807) is 19.1 Å². The Labute approximate surface area is 166 Å². The van der Waals surface area contributed by atoms with Gasteiger partial charge in [0.2, 0.25) is 5.28 Å². The monoisotopic (exact) mass is 426 g/mol. The van der Waals surface area contributed by atoms with Crippen LogP contribution in [0.3, 0.4) is 0 Å². The van der Waals surface area contributed by atoms with Crippen molar-refractivity contribution in [2.75, 3.05) is 0 Å². The highest BCUT2D eigenvalue weighted by Crippen LogP contribution is 2.40. The third-order valence-corrected chi connectivity index (χ3v) is 4.59. The zero-order valence-electron chi connectivity index (χ0n) is 14.7. The number of alkyl halides is 3. The van der Waals surface area contributed by atoms with E-state index in [1.807, 2.05) is 0 Å². The van der Waals surface area contributed by atoms with Crippen LogP contribution >= 0.6 is 11.6 Å². The van der Waals surface area contributed by atoms with Gasteiger partial charge >= 0.3 is 12.1 Å². The zero-order valence-corrected chi connectivity index (χ0v) is 15.4. The van der Waals surface area contributed by atoms with Gasteiger partial charge in [0.25, 0.3) is 0 Å². The number of halogens is 5. The third-order valence-electron chi connectivity index (χ3n) is 4.42. The van der Waals surface area contributed by atoms with Crippen molar-refractivity contribution in [1.82, 2.24) is 9.97 Å². The molecule has 3 heterocycles. The Kier molecular flexibility index (Phi) is 4.57. The average molecular weight is 427 g/mol. The molecule has 4 rings (SSSR count). The van der Waals surface area contributed by atoms with Crippen LogP contribution in [0.4, 0.5) is 17.6 Å². The first-order valence-corrected chi connectivity index (χ1v) is 8.72. The zero-order chi connectivity index (χ0) is 20.9. The summed E-state index contributed by atoms with van der Waals surface area (Å²) in [6.07, 6.45) is -6.28. The number of benzene rings is 1. The number of carbonyl (C=O) groups is 1. The number of hydrogen-bond acceptors (Lipinski definition) is 5. The van der Waals surface area contributed by atoms with Gasteiger partial charge in [0.05, 0.1) is 5.56 Å². The minimum Gasteiger partial charge on any atom is -0.460 e. The smallest absolute Gasteiger partial charge is 0.416 e. The number of cyclic esters (lactones) is 1. The molecule has 0 saturated heterocycles. The van der Waals surface area contributed by atoms with E-state index in [1.165, 1.54) is 0 Å². The van der Waals surface area contributed by atoms with Crippen LogP contribution in [0.15, 0.2) is 34.7 Å². The summed E-state index contributed by atoms with van der Waals surface area (Å²) in [6, 6.07) is 5.55. The van der Waals surface area contributed by atoms with Crippen molar-refractivity contribution in [3.8, 4) is 11.5 Å². The second-order valence-corrected chi connectivity index (χ2v) is 6.75. The predicted molar refractivity (Wildman–Crippen MR) is 92.7 cm³/mol. The number of ether oxygens (including phenoxy) is 1. The van der Waals surface area contributed by atoms with Crippen molar-refractivity contribution in [2.24, 2.45) is 0 Å². The highest BCUT2D eigenvalue weighted by molar-refractivity contribution is 6.28. The van der Waals surface area contributed by atoms with Crippen LogP contribution in [0.25, 0.3) is 11.5 Å². The fourth-order valence-corrected chi connectivity index (χ4v) is 3.37. The molecule has 1 aliphatic rings. The molecule has 0 aliphatic carbocycles. The summed E-state index contributed by atoms with van der Waals surface area (Å²) in [6.45, 7) is 1.70. The second kappa shape index (κ2) is 6.84. The lowest BCUT2D eigenvalue weighted by Gasteiger charge is -2.16. The average Bonchev–Trinajstić information content (AvgIpc) is 3.19. The van der Waals surface area contributed by atoms with Gasteiger partial charge in [-0.15, -0.1) is 0 Å². The topological polar surface area (TPSA) is 65.2 Å². The van der Waals surface area contributed by atoms with Crippen LogP contribution in [-0.4, -0.2) is 15.9 Å². The van der Waals surface area contributed by atoms with E-state index in [4.69, 9.17) is 20.8 Å². The van der Waals surface area contributed by atoms with Crippen LogP contribution < -0.4 is 0 Å². The van der Waals surface area contributed by atoms with E-state index in [0.29, 0.717) is 11.8 Å². The van der Waals surface area contributed by atoms with Crippen LogP contribution in [0.2, 0.25) is 5.28 Å². The molecule has 1 atom stereocenters. The Morgan fingerprint density at radius 1 is 1.17 bits per heavy atom. The Morgan fingerprint density at radius 3 is 2.59 bits per heavy atom. The predicted octanol–water partition coefficient (Wildman–Crippen LogP) is 5.31. The molecule has 0 bridgehead atoms. The normalized spacial score (nSPS) is 16.1. The molecule has 150 valence electrons. The molecule has 10 heteroatoms. The molecule has 0 fully saturated rings. The van der Waals surface area contributed by atoms with Crippen molar-refractivity contribution in [3.05, 3.63) is 69.6 Å². The van der Waals surface area contributed by atoms with Gasteiger partial charge < -0.3 is 9.15 Å². The fourth-order valence-electron chi connectivity index (χ4n) is 3.20. The molecule has 1 unspecified atom stereocenters. The lowest BCUT2D eigenvalue weighted by molar-refractivity contribution is -0.138. The van der Waals surface area contributed by atoms with E-state index in [0.717, 1.165) is 12.1 Å². The van der Waals surface area contributed by atoms with Gasteiger partial charge in [-0.25, -0.2) is 19.2 Å². The molecule has 0 amide bonds. The fraction of sp³-hybridized carbons (Fsp3) is 0.211. The number of nitrogens with zero attached hydrogens (tertiary/aromatic N) is 2. The number of aryl methyl sites for hydroxylation is 1. The maximum atomic E-state index is 13.4. The van der Waals surface area contributed by atoms with Gasteiger partial charge in [-0.2, -0.15) is 13.2 Å². The van der Waals surface area contributed by atoms with Gasteiger partial charge in [-0.3, -0.25) is 0 Å². The van der Waals surface area contributed by atoms with Gasteiger partial charge in [0.15, 0.2) is 5.76 Å². The summed E-state index contributed by atoms with van der Waals surface area (Å²) in [5, 5.41) is -0.216. The lowest BCUT2D eigenvalue weighted by atomic mass is 9.98. The Balaban J connectivity index is 1.78. The first-order valence-electron chi connectivity index (χ1n) is 8.34. The van der Waals surface area contributed by atoms with Crippen molar-refractivity contribution in [1.29, 1.82) is 0 Å². The summed E-state index contributed by atoms with van der Waals surface area (Å²) in [5.41, 5.74) is -1.27. The summed E-state index contributed by atoms with van der Waals surface area (Å²) >= 11 is 5.97. The second-order valence-electron chi connectivity index (χ2n) is 6.41. The summed E-state index contributed by atoms with van der Waals surface area (Å²) in [5.74, 6) is -1.02. The molecule has 0 radical (unpaired) electrons. The SMILES string of the molecule is Cc1ccc(-c2nc(Cl)nc3c2C(=O)OC3Cc2ccc(F)cc2C(F)(F)F)o1. The van der Waals surface area contributed by atoms with Gasteiger partial charge in [-0.05, 0) is 48.4 Å². The minimum absolute atomic E-state index is 0.0237. The van der Waals surface area contributed by atoms with Gasteiger partial charge in [0, 0.05) is 6.42 Å². The Hall–Kier alpha value is -2.94. The number of fused-ring (bicyclic) bond motifs is 1. The molecule has 0 saturated carbocycles. The lowest BCUT2D eigenvalue weighted by Crippen LogP contribution is -2.13. The van der Waals surface area contributed by atoms with E-state index in [2.05, 4.69) is 9.97 Å². The highest BCUT2D eigenvalue weighted by atomic mass is 35.5. The number of esters is 1. The number of carbonyl (C=O) groups excluding carboxylic acids is 1. The molecule has 1 aromatic carbocycles. The molecule has 2 aromatic heterocycles. The summed E-state index contributed by atoms with van der Waals surface area (Å²) in [7, 11) is 0. The van der Waals surface area contributed by atoms with Crippen LogP contribution in [0, 0.1) is 12.7 Å². The summed E-state index contributed by atoms with van der Waals surface area (Å²) in [4.78, 5) is 20.5. The van der Waals surface area contributed by atoms with E-state index >= 15 is 0 Å². The quantitative estimate of drug-likeness (QED) is 0.322. The van der Waals surface area contributed by atoms with Crippen LogP contribution in [-0.2, 0) is 17.3 Å². The maximum Gasteiger partial charge on any atom is 0.416 e. The highest BCUT2D eigenvalue weighted by Gasteiger charge is 2.40. The molecule has 1 aliphatic heterocycles. The standard InChI is InChI=1S/C19H11ClF4N2O3/c1-8-2-5-12(28-8)15-14-16(26-18(20)25-15)13(29-17(14)27)6-9-3-4-10(21)7-11(9)19(22,23)24/h2-5,7,13H,6H2,1H3. The van der Waals surface area contributed by atoms with E-state index < -0.39 is 29.6 Å². The molecule has 0 N–H and O–H groups in total. The number of rotatable bonds is 3. The number of hydrogen-bond donors (Lipinski definition) is 0. The van der Waals surface area contributed by atoms with Crippen molar-refractivity contribution < 1.29 is 31.5 Å². The third kappa shape index (κ3) is 3.57. The van der Waals surface area contributed by atoms with Crippen molar-refractivity contribution in [2.45, 2.75) is 25.6 Å². The van der Waals surface area contributed by atoms with E-state index in [-0.39, 0.29) is 40.0 Å². The minimum atomic E-state index is -4.77. The maximum absolute atomic E-state index is 13.4. The van der Waals surface area contributed by atoms with Gasteiger partial charge in [0.1, 0.15) is 34.6 Å². The molecule has 29 heavy (non-hydrogen) atoms. The number of aromatic nitrogens is 2. The molecule has 0 spiro atoms. The largest absolute Gasteiger partial charge is 0.460 e. The Morgan fingerprint density at radius 2 is 1.93 bits per heavy atom. The van der Waals surface area contributed by atoms with Crippen molar-refractivity contribution in [3.63, 3.8) is 0 Å². The number of furan rings is 1. The Bertz CT molecular complexity index is 1130. The molecule has 3 aromatic rings. The van der Waals surface area contributed by atoms with Gasteiger partial charge in [-0.1, -0.05) is 6.07 Å². The van der Waals surface area contributed by atoms with E-state index in [9.17, 15) is 22.4 Å². The van der Waals surface area contributed by atoms with Crippen molar-refractivity contribution >= 4 is 17.6 Å². The molecular formula is C19H11ClF4N2O3. The molecule has 5 nitrogen and oxygen atoms in total. The summed E-state index contributed by atoms with van der Waals surface area (Å²) < 4.78 is 64.0.